The molecule has 4 nitrogen and oxygen atoms in total. The molecule has 15 heavy (non-hydrogen) atoms. The van der Waals surface area contributed by atoms with Crippen LogP contribution in [0.15, 0.2) is 29.4 Å². The van der Waals surface area contributed by atoms with Crippen molar-refractivity contribution in [1.29, 1.82) is 0 Å². The summed E-state index contributed by atoms with van der Waals surface area (Å²) in [6, 6.07) is 7.87. The van der Waals surface area contributed by atoms with E-state index in [1.165, 1.54) is 0 Å². The Kier molecular flexibility index (Phi) is 4.87. The minimum atomic E-state index is -0.948. The van der Waals surface area contributed by atoms with Crippen LogP contribution in [0, 0.1) is 6.92 Å². The molecule has 0 saturated carbocycles. The summed E-state index contributed by atoms with van der Waals surface area (Å²) in [4.78, 5) is 2.62. The molecule has 0 saturated heterocycles. The van der Waals surface area contributed by atoms with Crippen LogP contribution < -0.4 is 0 Å². The molecule has 0 fully saturated rings. The third-order valence-corrected chi connectivity index (χ3v) is 3.33. The van der Waals surface area contributed by atoms with Crippen LogP contribution >= 0.6 is 0 Å². The number of hydrogen-bond donors (Lipinski definition) is 0. The lowest BCUT2D eigenvalue weighted by atomic mass is 10.1. The predicted molar refractivity (Wildman–Crippen MR) is 61.9 cm³/mol. The molecule has 1 aromatic carbocycles. The lowest BCUT2D eigenvalue weighted by Crippen LogP contribution is -2.04. The molecule has 5 heteroatoms. The van der Waals surface area contributed by atoms with Crippen molar-refractivity contribution in [2.75, 3.05) is 12.3 Å². The summed E-state index contributed by atoms with van der Waals surface area (Å²) < 4.78 is 11.6. The Bertz CT molecular complexity index is 399. The minimum Gasteiger partial charge on any atom is -0.259 e. The molecule has 0 aliphatic rings. The summed E-state index contributed by atoms with van der Waals surface area (Å²) in [5, 5.41) is 3.36. The number of nitrogens with zero attached hydrogens (tertiary/aromatic N) is 3. The molecule has 0 aliphatic heterocycles. The number of azide groups is 1. The van der Waals surface area contributed by atoms with Gasteiger partial charge < -0.3 is 0 Å². The van der Waals surface area contributed by atoms with Gasteiger partial charge >= 0.3 is 0 Å². The second-order valence-corrected chi connectivity index (χ2v) is 4.75. The van der Waals surface area contributed by atoms with Crippen LogP contribution in [0.5, 0.6) is 0 Å². The Labute approximate surface area is 91.4 Å². The zero-order chi connectivity index (χ0) is 11.1. The molecule has 0 amide bonds. The first-order chi connectivity index (χ1) is 7.24. The van der Waals surface area contributed by atoms with Gasteiger partial charge in [0, 0.05) is 33.8 Å². The van der Waals surface area contributed by atoms with Crippen molar-refractivity contribution in [3.05, 3.63) is 45.8 Å². The fraction of sp³-hybridized carbons (Fsp3) is 0.400. The lowest BCUT2D eigenvalue weighted by molar-refractivity contribution is 0.682. The van der Waals surface area contributed by atoms with Crippen molar-refractivity contribution in [1.82, 2.24) is 0 Å². The second kappa shape index (κ2) is 6.22. The minimum absolute atomic E-state index is 0.301. The van der Waals surface area contributed by atoms with Crippen LogP contribution in [0.2, 0.25) is 0 Å². The van der Waals surface area contributed by atoms with Gasteiger partial charge in [0.15, 0.2) is 0 Å². The standard InChI is InChI=1S/C10H13N3OS/c1-9-4-2-3-5-10(9)8-15(14)7-6-12-13-11/h2-5H,6-8H2,1H3. The molecule has 80 valence electrons. The highest BCUT2D eigenvalue weighted by Gasteiger charge is 2.02. The van der Waals surface area contributed by atoms with Gasteiger partial charge in [-0.3, -0.25) is 4.21 Å². The lowest BCUT2D eigenvalue weighted by Gasteiger charge is -2.04. The van der Waals surface area contributed by atoms with E-state index < -0.39 is 10.8 Å². The van der Waals surface area contributed by atoms with Crippen molar-refractivity contribution in [2.24, 2.45) is 5.11 Å². The Morgan fingerprint density at radius 2 is 2.20 bits per heavy atom. The molecule has 0 radical (unpaired) electrons. The molecule has 0 heterocycles. The molecule has 1 aromatic rings. The Morgan fingerprint density at radius 1 is 1.47 bits per heavy atom. The molecule has 1 unspecified atom stereocenters. The number of benzene rings is 1. The fourth-order valence-corrected chi connectivity index (χ4v) is 2.31. The van der Waals surface area contributed by atoms with Gasteiger partial charge in [-0.15, -0.1) is 0 Å². The highest BCUT2D eigenvalue weighted by atomic mass is 32.2. The maximum atomic E-state index is 11.6. The van der Waals surface area contributed by atoms with Crippen LogP contribution in [-0.2, 0) is 16.6 Å². The van der Waals surface area contributed by atoms with Crippen LogP contribution in [0.3, 0.4) is 0 Å². The van der Waals surface area contributed by atoms with Gasteiger partial charge in [0.05, 0.1) is 0 Å². The van der Waals surface area contributed by atoms with Crippen LogP contribution in [0.1, 0.15) is 11.1 Å². The van der Waals surface area contributed by atoms with Gasteiger partial charge in [0.1, 0.15) is 0 Å². The van der Waals surface area contributed by atoms with Crippen molar-refractivity contribution in [2.45, 2.75) is 12.7 Å². The molecule has 1 rings (SSSR count). The number of hydrogen-bond acceptors (Lipinski definition) is 2. The first kappa shape index (κ1) is 11.8. The quantitative estimate of drug-likeness (QED) is 0.429. The summed E-state index contributed by atoms with van der Waals surface area (Å²) in [6.07, 6.45) is 0. The zero-order valence-corrected chi connectivity index (χ0v) is 9.41. The zero-order valence-electron chi connectivity index (χ0n) is 8.59. The summed E-state index contributed by atoms with van der Waals surface area (Å²) >= 11 is 0. The van der Waals surface area contributed by atoms with Crippen LogP contribution in [0.4, 0.5) is 0 Å². The van der Waals surface area contributed by atoms with Crippen molar-refractivity contribution in [3.8, 4) is 0 Å². The third kappa shape index (κ3) is 4.14. The summed E-state index contributed by atoms with van der Waals surface area (Å²) in [5.41, 5.74) is 10.3. The van der Waals surface area contributed by atoms with Gasteiger partial charge in [0.2, 0.25) is 0 Å². The maximum Gasteiger partial charge on any atom is 0.0488 e. The van der Waals surface area contributed by atoms with Gasteiger partial charge in [-0.05, 0) is 23.6 Å². The maximum absolute atomic E-state index is 11.6. The van der Waals surface area contributed by atoms with Crippen molar-refractivity contribution in [3.63, 3.8) is 0 Å². The van der Waals surface area contributed by atoms with E-state index in [1.807, 2.05) is 31.2 Å². The predicted octanol–water partition coefficient (Wildman–Crippen LogP) is 2.55. The van der Waals surface area contributed by atoms with Gasteiger partial charge in [0.25, 0.3) is 0 Å². The fourth-order valence-electron chi connectivity index (χ4n) is 1.21. The summed E-state index contributed by atoms with van der Waals surface area (Å²) in [5.74, 6) is 0.964. The van der Waals surface area contributed by atoms with E-state index in [1.54, 1.807) is 0 Å². The van der Waals surface area contributed by atoms with Crippen LogP contribution in [-0.4, -0.2) is 16.5 Å². The van der Waals surface area contributed by atoms with E-state index in [0.29, 0.717) is 18.1 Å². The van der Waals surface area contributed by atoms with Crippen molar-refractivity contribution < 1.29 is 4.21 Å². The Hall–Kier alpha value is -1.32. The Balaban J connectivity index is 2.51. The molecule has 0 aliphatic carbocycles. The van der Waals surface area contributed by atoms with Crippen LogP contribution in [0.25, 0.3) is 10.4 Å². The van der Waals surface area contributed by atoms with E-state index in [4.69, 9.17) is 5.53 Å². The number of rotatable bonds is 5. The molecule has 1 atom stereocenters. The first-order valence-electron chi connectivity index (χ1n) is 4.64. The molecular weight excluding hydrogens is 210 g/mol. The van der Waals surface area contributed by atoms with E-state index in [-0.39, 0.29) is 0 Å². The average Bonchev–Trinajstić information content (AvgIpc) is 2.22. The molecule has 0 N–H and O–H groups in total. The normalized spacial score (nSPS) is 11.8. The van der Waals surface area contributed by atoms with Gasteiger partial charge in [-0.1, -0.05) is 29.4 Å². The Morgan fingerprint density at radius 3 is 2.87 bits per heavy atom. The monoisotopic (exact) mass is 223 g/mol. The summed E-state index contributed by atoms with van der Waals surface area (Å²) in [7, 11) is -0.948. The topological polar surface area (TPSA) is 65.8 Å². The van der Waals surface area contributed by atoms with E-state index in [2.05, 4.69) is 10.0 Å². The van der Waals surface area contributed by atoms with E-state index in [9.17, 15) is 4.21 Å². The molecule has 0 spiro atoms. The molecule has 0 aromatic heterocycles. The second-order valence-electron chi connectivity index (χ2n) is 3.17. The number of aryl methyl sites for hydroxylation is 1. The molecular formula is C10H13N3OS. The average molecular weight is 223 g/mol. The van der Waals surface area contributed by atoms with E-state index in [0.717, 1.165) is 11.1 Å². The first-order valence-corrected chi connectivity index (χ1v) is 6.13. The van der Waals surface area contributed by atoms with Crippen molar-refractivity contribution >= 4 is 10.8 Å². The smallest absolute Gasteiger partial charge is 0.0488 e. The van der Waals surface area contributed by atoms with Gasteiger partial charge in [-0.25, -0.2) is 0 Å². The van der Waals surface area contributed by atoms with Gasteiger partial charge in [-0.2, -0.15) is 0 Å². The highest BCUT2D eigenvalue weighted by molar-refractivity contribution is 7.84. The third-order valence-electron chi connectivity index (χ3n) is 2.06. The largest absolute Gasteiger partial charge is 0.259 e. The summed E-state index contributed by atoms with van der Waals surface area (Å²) in [6.45, 7) is 2.30. The van der Waals surface area contributed by atoms with E-state index >= 15 is 0 Å². The molecule has 0 bridgehead atoms. The highest BCUT2D eigenvalue weighted by Crippen LogP contribution is 2.09. The SMILES string of the molecule is Cc1ccccc1CS(=O)CCN=[N+]=[N-].